The van der Waals surface area contributed by atoms with E-state index in [1.165, 1.54) is 16.6 Å². The van der Waals surface area contributed by atoms with Crippen molar-refractivity contribution in [2.75, 3.05) is 31.1 Å². The van der Waals surface area contributed by atoms with Gasteiger partial charge in [-0.1, -0.05) is 26.3 Å². The summed E-state index contributed by atoms with van der Waals surface area (Å²) in [5.41, 5.74) is 3.67. The second-order valence-electron chi connectivity index (χ2n) is 7.11. The van der Waals surface area contributed by atoms with Crippen LogP contribution in [0.15, 0.2) is 30.5 Å². The van der Waals surface area contributed by atoms with E-state index >= 15 is 0 Å². The van der Waals surface area contributed by atoms with Crippen molar-refractivity contribution < 1.29 is 9.90 Å². The third-order valence-electron chi connectivity index (χ3n) is 5.39. The first kappa shape index (κ1) is 18.6. The molecule has 0 atom stereocenters. The third kappa shape index (κ3) is 4.15. The number of hydrogen-bond donors (Lipinski definition) is 1. The van der Waals surface area contributed by atoms with Crippen molar-refractivity contribution in [3.05, 3.63) is 36.0 Å². The molecule has 26 heavy (non-hydrogen) atoms. The van der Waals surface area contributed by atoms with Gasteiger partial charge in [0.25, 0.3) is 0 Å². The summed E-state index contributed by atoms with van der Waals surface area (Å²) in [5, 5.41) is 10.3. The fraction of sp³-hybridized carbons (Fsp3) is 0.524. The van der Waals surface area contributed by atoms with E-state index in [9.17, 15) is 4.79 Å². The largest absolute Gasteiger partial charge is 0.480 e. The van der Waals surface area contributed by atoms with E-state index in [1.54, 1.807) is 0 Å². The van der Waals surface area contributed by atoms with E-state index in [0.717, 1.165) is 50.8 Å². The highest BCUT2D eigenvalue weighted by molar-refractivity contribution is 5.92. The van der Waals surface area contributed by atoms with E-state index in [0.29, 0.717) is 6.04 Å². The zero-order valence-electron chi connectivity index (χ0n) is 15.8. The number of likely N-dealkylation sites (N-methyl/N-ethyl adjacent to an activating group) is 1. The lowest BCUT2D eigenvalue weighted by atomic mass is 10.0. The molecule has 140 valence electrons. The second-order valence-corrected chi connectivity index (χ2v) is 7.11. The molecule has 1 N–H and O–H groups in total. The number of nitrogens with zero attached hydrogens (tertiary/aromatic N) is 3. The van der Waals surface area contributed by atoms with Gasteiger partial charge in [0, 0.05) is 36.4 Å². The SMILES string of the molecule is CCCc1ccc2nccc(N3CCC(N(CC)CC(=O)O)CC3)c2c1. The number of rotatable bonds is 7. The molecule has 0 aliphatic carbocycles. The van der Waals surface area contributed by atoms with Crippen LogP contribution >= 0.6 is 0 Å². The highest BCUT2D eigenvalue weighted by atomic mass is 16.4. The van der Waals surface area contributed by atoms with Gasteiger partial charge in [0.05, 0.1) is 12.1 Å². The summed E-state index contributed by atoms with van der Waals surface area (Å²) >= 11 is 0. The minimum Gasteiger partial charge on any atom is -0.480 e. The zero-order valence-corrected chi connectivity index (χ0v) is 15.8. The van der Waals surface area contributed by atoms with Gasteiger partial charge in [-0.15, -0.1) is 0 Å². The lowest BCUT2D eigenvalue weighted by Crippen LogP contribution is -2.46. The summed E-state index contributed by atoms with van der Waals surface area (Å²) in [6.45, 7) is 7.09. The van der Waals surface area contributed by atoms with Gasteiger partial charge in [-0.3, -0.25) is 14.7 Å². The minimum atomic E-state index is -0.738. The summed E-state index contributed by atoms with van der Waals surface area (Å²) in [5.74, 6) is -0.738. The highest BCUT2D eigenvalue weighted by Crippen LogP contribution is 2.30. The smallest absolute Gasteiger partial charge is 0.317 e. The van der Waals surface area contributed by atoms with Crippen LogP contribution in [-0.4, -0.2) is 53.2 Å². The Morgan fingerprint density at radius 2 is 2.04 bits per heavy atom. The molecule has 0 bridgehead atoms. The average molecular weight is 355 g/mol. The number of fused-ring (bicyclic) bond motifs is 1. The van der Waals surface area contributed by atoms with Crippen LogP contribution in [0.25, 0.3) is 10.9 Å². The molecule has 1 aliphatic heterocycles. The number of carboxylic acid groups (broad SMARTS) is 1. The van der Waals surface area contributed by atoms with Crippen LogP contribution in [0.3, 0.4) is 0 Å². The number of piperidine rings is 1. The van der Waals surface area contributed by atoms with Gasteiger partial charge in [0.1, 0.15) is 0 Å². The van der Waals surface area contributed by atoms with Crippen molar-refractivity contribution in [3.8, 4) is 0 Å². The molecule has 3 rings (SSSR count). The maximum Gasteiger partial charge on any atom is 0.317 e. The van der Waals surface area contributed by atoms with Crippen LogP contribution in [0.4, 0.5) is 5.69 Å². The zero-order chi connectivity index (χ0) is 18.5. The predicted molar refractivity (Wildman–Crippen MR) is 106 cm³/mol. The Morgan fingerprint density at radius 1 is 1.27 bits per heavy atom. The van der Waals surface area contributed by atoms with Crippen LogP contribution in [0.1, 0.15) is 38.7 Å². The van der Waals surface area contributed by atoms with Gasteiger partial charge in [0.15, 0.2) is 0 Å². The van der Waals surface area contributed by atoms with E-state index in [4.69, 9.17) is 5.11 Å². The molecule has 5 nitrogen and oxygen atoms in total. The Labute approximate surface area is 155 Å². The normalized spacial score (nSPS) is 15.7. The summed E-state index contributed by atoms with van der Waals surface area (Å²) in [6, 6.07) is 9.07. The molecule has 0 spiro atoms. The number of aliphatic carboxylic acids is 1. The molecule has 1 aromatic heterocycles. The number of carboxylic acids is 1. The molecule has 1 saturated heterocycles. The minimum absolute atomic E-state index is 0.139. The molecular weight excluding hydrogens is 326 g/mol. The Hall–Kier alpha value is -2.14. The molecule has 0 radical (unpaired) electrons. The van der Waals surface area contributed by atoms with E-state index in [2.05, 4.69) is 46.0 Å². The standard InChI is InChI=1S/C21H29N3O2/c1-3-5-16-6-7-19-18(14-16)20(8-11-22-19)24-12-9-17(10-13-24)23(4-2)15-21(25)26/h6-8,11,14,17H,3-5,9-10,12-13,15H2,1-2H3,(H,25,26). The fourth-order valence-corrected chi connectivity index (χ4v) is 4.04. The quantitative estimate of drug-likeness (QED) is 0.823. The van der Waals surface area contributed by atoms with E-state index in [1.807, 2.05) is 13.1 Å². The molecule has 5 heteroatoms. The highest BCUT2D eigenvalue weighted by Gasteiger charge is 2.25. The Balaban J connectivity index is 1.76. The molecule has 0 saturated carbocycles. The van der Waals surface area contributed by atoms with Gasteiger partial charge in [-0.05, 0) is 49.6 Å². The first-order valence-electron chi connectivity index (χ1n) is 9.70. The summed E-state index contributed by atoms with van der Waals surface area (Å²) in [4.78, 5) is 20.1. The number of hydrogen-bond acceptors (Lipinski definition) is 4. The molecule has 2 aromatic rings. The summed E-state index contributed by atoms with van der Waals surface area (Å²) < 4.78 is 0. The summed E-state index contributed by atoms with van der Waals surface area (Å²) in [7, 11) is 0. The molecule has 1 aromatic carbocycles. The maximum absolute atomic E-state index is 11.1. The maximum atomic E-state index is 11.1. The number of carbonyl (C=O) groups is 1. The van der Waals surface area contributed by atoms with Crippen LogP contribution < -0.4 is 4.90 Å². The number of benzene rings is 1. The van der Waals surface area contributed by atoms with Crippen molar-refractivity contribution in [1.29, 1.82) is 0 Å². The van der Waals surface area contributed by atoms with E-state index < -0.39 is 5.97 Å². The average Bonchev–Trinajstić information content (AvgIpc) is 2.66. The van der Waals surface area contributed by atoms with Gasteiger partial charge < -0.3 is 10.0 Å². The van der Waals surface area contributed by atoms with Gasteiger partial charge in [-0.2, -0.15) is 0 Å². The number of pyridine rings is 1. The third-order valence-corrected chi connectivity index (χ3v) is 5.39. The topological polar surface area (TPSA) is 56.7 Å². The Bertz CT molecular complexity index is 754. The first-order valence-corrected chi connectivity index (χ1v) is 9.70. The molecule has 0 unspecified atom stereocenters. The van der Waals surface area contributed by atoms with Gasteiger partial charge >= 0.3 is 5.97 Å². The molecule has 1 aliphatic rings. The Kier molecular flexibility index (Phi) is 6.09. The first-order chi connectivity index (χ1) is 12.6. The lowest BCUT2D eigenvalue weighted by Gasteiger charge is -2.38. The van der Waals surface area contributed by atoms with Crippen molar-refractivity contribution in [2.45, 2.75) is 45.6 Å². The fourth-order valence-electron chi connectivity index (χ4n) is 4.04. The molecule has 1 fully saturated rings. The van der Waals surface area contributed by atoms with Gasteiger partial charge in [0.2, 0.25) is 0 Å². The second kappa shape index (κ2) is 8.49. The van der Waals surface area contributed by atoms with Crippen molar-refractivity contribution >= 4 is 22.6 Å². The van der Waals surface area contributed by atoms with Crippen LogP contribution in [0.2, 0.25) is 0 Å². The molecule has 0 amide bonds. The van der Waals surface area contributed by atoms with Crippen molar-refractivity contribution in [2.24, 2.45) is 0 Å². The van der Waals surface area contributed by atoms with Crippen molar-refractivity contribution in [1.82, 2.24) is 9.88 Å². The molecular formula is C21H29N3O2. The van der Waals surface area contributed by atoms with Crippen LogP contribution in [0, 0.1) is 0 Å². The number of anilines is 1. The number of aromatic nitrogens is 1. The van der Waals surface area contributed by atoms with Crippen molar-refractivity contribution in [3.63, 3.8) is 0 Å². The van der Waals surface area contributed by atoms with Gasteiger partial charge in [-0.25, -0.2) is 0 Å². The Morgan fingerprint density at radius 3 is 2.69 bits per heavy atom. The van der Waals surface area contributed by atoms with Crippen LogP contribution in [0.5, 0.6) is 0 Å². The predicted octanol–water partition coefficient (Wildman–Crippen LogP) is 3.56. The van der Waals surface area contributed by atoms with Crippen LogP contribution in [-0.2, 0) is 11.2 Å². The summed E-state index contributed by atoms with van der Waals surface area (Å²) in [6.07, 6.45) is 6.13. The molecule has 2 heterocycles. The van der Waals surface area contributed by atoms with E-state index in [-0.39, 0.29) is 6.54 Å². The number of aryl methyl sites for hydroxylation is 1. The lowest BCUT2D eigenvalue weighted by molar-refractivity contribution is -0.139. The monoisotopic (exact) mass is 355 g/mol.